The Hall–Kier alpha value is -0.660. The molecule has 0 bridgehead atoms. The van der Waals surface area contributed by atoms with Crippen LogP contribution < -0.4 is 11.1 Å². The third-order valence-corrected chi connectivity index (χ3v) is 5.19. The standard InChI is InChI=1S/C10H20N2O4S/c1-6(2)10(3,9(11)14)12-7-4-17(15,16)5-8(7)13/h6-8,12-13H,4-5H2,1-3H3,(H2,11,14). The number of primary amides is 1. The number of hydrogen-bond acceptors (Lipinski definition) is 5. The normalized spacial score (nSPS) is 31.4. The summed E-state index contributed by atoms with van der Waals surface area (Å²) in [6.07, 6.45) is -0.988. The minimum atomic E-state index is -3.23. The third kappa shape index (κ3) is 2.97. The maximum absolute atomic E-state index is 11.4. The highest BCUT2D eigenvalue weighted by molar-refractivity contribution is 7.91. The molecule has 1 heterocycles. The van der Waals surface area contributed by atoms with Crippen LogP contribution in [0.1, 0.15) is 20.8 Å². The average Bonchev–Trinajstić information content (AvgIpc) is 2.38. The number of nitrogens with two attached hydrogens (primary N) is 1. The quantitative estimate of drug-likeness (QED) is 0.580. The molecular formula is C10H20N2O4S. The molecule has 0 aromatic heterocycles. The molecule has 3 atom stereocenters. The van der Waals surface area contributed by atoms with Crippen LogP contribution >= 0.6 is 0 Å². The van der Waals surface area contributed by atoms with E-state index in [1.54, 1.807) is 6.92 Å². The maximum Gasteiger partial charge on any atom is 0.237 e. The summed E-state index contributed by atoms with van der Waals surface area (Å²) in [6, 6.07) is -0.639. The Labute approximate surface area is 101 Å². The van der Waals surface area contributed by atoms with Crippen LogP contribution in [0, 0.1) is 5.92 Å². The molecule has 0 spiro atoms. The van der Waals surface area contributed by atoms with Gasteiger partial charge in [-0.2, -0.15) is 0 Å². The molecule has 0 saturated carbocycles. The Morgan fingerprint density at radius 1 is 1.47 bits per heavy atom. The molecule has 3 unspecified atom stereocenters. The van der Waals surface area contributed by atoms with E-state index in [2.05, 4.69) is 5.32 Å². The van der Waals surface area contributed by atoms with E-state index in [0.717, 1.165) is 0 Å². The summed E-state index contributed by atoms with van der Waals surface area (Å²) in [6.45, 7) is 5.25. The van der Waals surface area contributed by atoms with E-state index < -0.39 is 33.4 Å². The lowest BCUT2D eigenvalue weighted by Gasteiger charge is -2.35. The number of carbonyl (C=O) groups is 1. The molecule has 4 N–H and O–H groups in total. The van der Waals surface area contributed by atoms with E-state index in [4.69, 9.17) is 5.73 Å². The van der Waals surface area contributed by atoms with E-state index >= 15 is 0 Å². The molecule has 1 aliphatic heterocycles. The molecule has 100 valence electrons. The molecular weight excluding hydrogens is 244 g/mol. The van der Waals surface area contributed by atoms with E-state index in [1.165, 1.54) is 0 Å². The number of rotatable bonds is 4. The van der Waals surface area contributed by atoms with Crippen molar-refractivity contribution in [2.75, 3.05) is 11.5 Å². The van der Waals surface area contributed by atoms with Crippen molar-refractivity contribution < 1.29 is 18.3 Å². The summed E-state index contributed by atoms with van der Waals surface area (Å²) in [5, 5.41) is 12.6. The summed E-state index contributed by atoms with van der Waals surface area (Å²) >= 11 is 0. The SMILES string of the molecule is CC(C)C(C)(NC1CS(=O)(=O)CC1O)C(N)=O. The van der Waals surface area contributed by atoms with Gasteiger partial charge in [-0.3, -0.25) is 10.1 Å². The summed E-state index contributed by atoms with van der Waals surface area (Å²) in [7, 11) is -3.23. The lowest BCUT2D eigenvalue weighted by atomic mass is 9.86. The lowest BCUT2D eigenvalue weighted by molar-refractivity contribution is -0.126. The Morgan fingerprint density at radius 2 is 2.00 bits per heavy atom. The molecule has 1 rings (SSSR count). The monoisotopic (exact) mass is 264 g/mol. The number of aliphatic hydroxyl groups excluding tert-OH is 1. The second kappa shape index (κ2) is 4.55. The summed E-state index contributed by atoms with van der Waals surface area (Å²) in [4.78, 5) is 11.4. The Kier molecular flexibility index (Phi) is 3.85. The molecule has 1 saturated heterocycles. The van der Waals surface area contributed by atoms with Gasteiger partial charge in [-0.25, -0.2) is 8.42 Å². The van der Waals surface area contributed by atoms with Gasteiger partial charge in [0.25, 0.3) is 0 Å². The van der Waals surface area contributed by atoms with Crippen molar-refractivity contribution in [3.05, 3.63) is 0 Å². The van der Waals surface area contributed by atoms with Crippen LogP contribution in [0.25, 0.3) is 0 Å². The van der Waals surface area contributed by atoms with Gasteiger partial charge < -0.3 is 10.8 Å². The van der Waals surface area contributed by atoms with Gasteiger partial charge in [-0.05, 0) is 12.8 Å². The van der Waals surface area contributed by atoms with Gasteiger partial charge in [0.15, 0.2) is 9.84 Å². The highest BCUT2D eigenvalue weighted by atomic mass is 32.2. The van der Waals surface area contributed by atoms with Gasteiger partial charge in [0, 0.05) is 6.04 Å². The molecule has 0 radical (unpaired) electrons. The first-order valence-corrected chi connectivity index (χ1v) is 7.36. The van der Waals surface area contributed by atoms with Crippen LogP contribution in [0.4, 0.5) is 0 Å². The van der Waals surface area contributed by atoms with Crippen LogP contribution in [-0.2, 0) is 14.6 Å². The fraction of sp³-hybridized carbons (Fsp3) is 0.900. The summed E-state index contributed by atoms with van der Waals surface area (Å²) in [5.41, 5.74) is 4.31. The van der Waals surface area contributed by atoms with Gasteiger partial charge in [0.1, 0.15) is 0 Å². The fourth-order valence-electron chi connectivity index (χ4n) is 1.87. The van der Waals surface area contributed by atoms with Gasteiger partial charge >= 0.3 is 0 Å². The lowest BCUT2D eigenvalue weighted by Crippen LogP contribution is -2.62. The minimum absolute atomic E-state index is 0.101. The van der Waals surface area contributed by atoms with E-state index in [1.807, 2.05) is 13.8 Å². The molecule has 0 aromatic carbocycles. The van der Waals surface area contributed by atoms with Crippen molar-refractivity contribution in [1.29, 1.82) is 0 Å². The van der Waals surface area contributed by atoms with Crippen molar-refractivity contribution in [1.82, 2.24) is 5.32 Å². The van der Waals surface area contributed by atoms with Gasteiger partial charge in [0.2, 0.25) is 5.91 Å². The highest BCUT2D eigenvalue weighted by Crippen LogP contribution is 2.21. The highest BCUT2D eigenvalue weighted by Gasteiger charge is 2.43. The number of sulfone groups is 1. The van der Waals surface area contributed by atoms with Crippen LogP contribution in [0.5, 0.6) is 0 Å². The fourth-order valence-corrected chi connectivity index (χ4v) is 3.62. The molecule has 17 heavy (non-hydrogen) atoms. The average molecular weight is 264 g/mol. The second-order valence-corrected chi connectivity index (χ2v) is 7.27. The number of hydrogen-bond donors (Lipinski definition) is 3. The number of nitrogens with one attached hydrogen (secondary N) is 1. The zero-order valence-corrected chi connectivity index (χ0v) is 11.1. The van der Waals surface area contributed by atoms with Gasteiger partial charge in [0.05, 0.1) is 23.1 Å². The van der Waals surface area contributed by atoms with Gasteiger partial charge in [-0.15, -0.1) is 0 Å². The Bertz CT molecular complexity index is 407. The van der Waals surface area contributed by atoms with Crippen molar-refractivity contribution in [3.63, 3.8) is 0 Å². The summed E-state index contributed by atoms with van der Waals surface area (Å²) in [5.74, 6) is -1.08. The first-order valence-electron chi connectivity index (χ1n) is 5.54. The Balaban J connectivity index is 2.87. The van der Waals surface area contributed by atoms with Crippen molar-refractivity contribution in [2.24, 2.45) is 11.7 Å². The molecule has 1 aliphatic rings. The molecule has 0 aromatic rings. The second-order valence-electron chi connectivity index (χ2n) is 5.12. The maximum atomic E-state index is 11.4. The first-order chi connectivity index (χ1) is 7.58. The zero-order chi connectivity index (χ0) is 13.4. The van der Waals surface area contributed by atoms with Crippen LogP contribution in [0.2, 0.25) is 0 Å². The van der Waals surface area contributed by atoms with Crippen molar-refractivity contribution >= 4 is 15.7 Å². The number of aliphatic hydroxyl groups is 1. The smallest absolute Gasteiger partial charge is 0.237 e. The first kappa shape index (κ1) is 14.4. The van der Waals surface area contributed by atoms with E-state index in [9.17, 15) is 18.3 Å². The largest absolute Gasteiger partial charge is 0.390 e. The predicted octanol–water partition coefficient (Wildman–Crippen LogP) is -1.37. The molecule has 7 heteroatoms. The number of carbonyl (C=O) groups excluding carboxylic acids is 1. The van der Waals surface area contributed by atoms with Crippen LogP contribution in [-0.4, -0.2) is 48.6 Å². The number of amides is 1. The van der Waals surface area contributed by atoms with E-state index in [-0.39, 0.29) is 17.4 Å². The van der Waals surface area contributed by atoms with Crippen LogP contribution in [0.15, 0.2) is 0 Å². The zero-order valence-electron chi connectivity index (χ0n) is 10.3. The minimum Gasteiger partial charge on any atom is -0.390 e. The molecule has 0 aliphatic carbocycles. The summed E-state index contributed by atoms with van der Waals surface area (Å²) < 4.78 is 22.7. The van der Waals surface area contributed by atoms with Crippen molar-refractivity contribution in [3.8, 4) is 0 Å². The molecule has 1 amide bonds. The van der Waals surface area contributed by atoms with Crippen molar-refractivity contribution in [2.45, 2.75) is 38.5 Å². The molecule has 6 nitrogen and oxygen atoms in total. The topological polar surface area (TPSA) is 109 Å². The molecule has 1 fully saturated rings. The predicted molar refractivity (Wildman–Crippen MR) is 64.0 cm³/mol. The van der Waals surface area contributed by atoms with E-state index in [0.29, 0.717) is 0 Å². The van der Waals surface area contributed by atoms with Gasteiger partial charge in [-0.1, -0.05) is 13.8 Å². The van der Waals surface area contributed by atoms with Crippen LogP contribution in [0.3, 0.4) is 0 Å². The third-order valence-electron chi connectivity index (χ3n) is 3.47. The Morgan fingerprint density at radius 3 is 2.29 bits per heavy atom.